The van der Waals surface area contributed by atoms with Crippen LogP contribution >= 0.6 is 11.6 Å². The zero-order chi connectivity index (χ0) is 14.9. The third-order valence-corrected chi connectivity index (χ3v) is 3.86. The molecule has 6 heteroatoms. The Morgan fingerprint density at radius 2 is 2.14 bits per heavy atom. The van der Waals surface area contributed by atoms with Crippen LogP contribution in [0.3, 0.4) is 0 Å². The van der Waals surface area contributed by atoms with Gasteiger partial charge in [-0.15, -0.1) is 0 Å². The number of aromatic nitrogens is 2. The van der Waals surface area contributed by atoms with Crippen LogP contribution in [0.2, 0.25) is 5.02 Å². The molecular formula is C15H16ClN3O2. The lowest BCUT2D eigenvalue weighted by Gasteiger charge is -2.31. The second-order valence-electron chi connectivity index (χ2n) is 5.35. The maximum atomic E-state index is 12.1. The molecule has 5 nitrogen and oxygen atoms in total. The van der Waals surface area contributed by atoms with Crippen LogP contribution in [0.5, 0.6) is 0 Å². The molecule has 1 aromatic heterocycles. The molecular weight excluding hydrogens is 290 g/mol. The van der Waals surface area contributed by atoms with Gasteiger partial charge in [0.2, 0.25) is 0 Å². The fraction of sp³-hybridized carbons (Fsp3) is 0.333. The molecule has 1 aliphatic rings. The summed E-state index contributed by atoms with van der Waals surface area (Å²) < 4.78 is 1.57. The number of rotatable bonds is 6. The minimum Gasteiger partial charge on any atom is -0.480 e. The molecule has 110 valence electrons. The van der Waals surface area contributed by atoms with E-state index in [9.17, 15) is 9.90 Å². The molecule has 1 saturated carbocycles. The van der Waals surface area contributed by atoms with Gasteiger partial charge in [-0.2, -0.15) is 5.10 Å². The SMILES string of the molecule is O=C(O)C(Cn1cc(Cl)cn1)(NC1CC1)c1ccccc1. The summed E-state index contributed by atoms with van der Waals surface area (Å²) in [6.07, 6.45) is 5.15. The first-order chi connectivity index (χ1) is 10.1. The van der Waals surface area contributed by atoms with Gasteiger partial charge in [0.15, 0.2) is 5.54 Å². The molecule has 0 spiro atoms. The highest BCUT2D eigenvalue weighted by Gasteiger charge is 2.44. The average molecular weight is 306 g/mol. The van der Waals surface area contributed by atoms with Crippen molar-refractivity contribution in [2.75, 3.05) is 0 Å². The second-order valence-corrected chi connectivity index (χ2v) is 5.79. The van der Waals surface area contributed by atoms with E-state index in [0.29, 0.717) is 5.02 Å². The standard InChI is InChI=1S/C15H16ClN3O2/c16-12-8-17-19(9-12)10-15(14(20)21,18-13-6-7-13)11-4-2-1-3-5-11/h1-5,8-9,13,18H,6-7,10H2,(H,20,21). The van der Waals surface area contributed by atoms with E-state index in [1.54, 1.807) is 10.9 Å². The molecule has 1 aromatic carbocycles. The fourth-order valence-electron chi connectivity index (χ4n) is 2.44. The predicted octanol–water partition coefficient (Wildman–Crippen LogP) is 2.27. The Bertz CT molecular complexity index is 639. The van der Waals surface area contributed by atoms with Crippen molar-refractivity contribution in [1.29, 1.82) is 0 Å². The number of nitrogens with zero attached hydrogens (tertiary/aromatic N) is 2. The summed E-state index contributed by atoms with van der Waals surface area (Å²) in [4.78, 5) is 12.1. The van der Waals surface area contributed by atoms with Crippen LogP contribution in [0.25, 0.3) is 0 Å². The summed E-state index contributed by atoms with van der Waals surface area (Å²) >= 11 is 5.88. The summed E-state index contributed by atoms with van der Waals surface area (Å²) in [5.41, 5.74) is -0.478. The number of benzene rings is 1. The van der Waals surface area contributed by atoms with Gasteiger partial charge in [-0.25, -0.2) is 4.79 Å². The lowest BCUT2D eigenvalue weighted by Crippen LogP contribution is -2.53. The van der Waals surface area contributed by atoms with Crippen molar-refractivity contribution in [2.24, 2.45) is 0 Å². The molecule has 0 aliphatic heterocycles. The molecule has 1 heterocycles. The van der Waals surface area contributed by atoms with Gasteiger partial charge in [-0.3, -0.25) is 10.00 Å². The minimum atomic E-state index is -1.20. The molecule has 2 N–H and O–H groups in total. The van der Waals surface area contributed by atoms with Crippen molar-refractivity contribution in [3.05, 3.63) is 53.3 Å². The first-order valence-corrected chi connectivity index (χ1v) is 7.22. The molecule has 1 fully saturated rings. The number of hydrogen-bond acceptors (Lipinski definition) is 3. The fourth-order valence-corrected chi connectivity index (χ4v) is 2.60. The Labute approximate surface area is 127 Å². The number of carbonyl (C=O) groups is 1. The third kappa shape index (κ3) is 2.94. The Hall–Kier alpha value is -1.85. The van der Waals surface area contributed by atoms with Crippen molar-refractivity contribution >= 4 is 17.6 Å². The predicted molar refractivity (Wildman–Crippen MR) is 79.2 cm³/mol. The van der Waals surface area contributed by atoms with E-state index in [-0.39, 0.29) is 12.6 Å². The first-order valence-electron chi connectivity index (χ1n) is 6.85. The molecule has 21 heavy (non-hydrogen) atoms. The van der Waals surface area contributed by atoms with Crippen LogP contribution in [0.15, 0.2) is 42.7 Å². The van der Waals surface area contributed by atoms with Crippen molar-refractivity contribution in [3.63, 3.8) is 0 Å². The van der Waals surface area contributed by atoms with Gasteiger partial charge in [0.05, 0.1) is 17.8 Å². The minimum absolute atomic E-state index is 0.190. The summed E-state index contributed by atoms with van der Waals surface area (Å²) in [6, 6.07) is 9.46. The molecule has 1 unspecified atom stereocenters. The topological polar surface area (TPSA) is 67.1 Å². The van der Waals surface area contributed by atoms with Crippen LogP contribution < -0.4 is 5.32 Å². The summed E-state index contributed by atoms with van der Waals surface area (Å²) in [5, 5.41) is 17.8. The molecule has 2 aromatic rings. The zero-order valence-corrected chi connectivity index (χ0v) is 12.1. The average Bonchev–Trinajstić information content (AvgIpc) is 3.20. The molecule has 0 amide bonds. The van der Waals surface area contributed by atoms with Gasteiger partial charge in [0.25, 0.3) is 0 Å². The van der Waals surface area contributed by atoms with Gasteiger partial charge in [-0.05, 0) is 18.4 Å². The normalized spacial score (nSPS) is 17.4. The summed E-state index contributed by atoms with van der Waals surface area (Å²) in [7, 11) is 0. The van der Waals surface area contributed by atoms with Crippen LogP contribution in [0, 0.1) is 0 Å². The van der Waals surface area contributed by atoms with E-state index in [0.717, 1.165) is 18.4 Å². The van der Waals surface area contributed by atoms with Crippen molar-refractivity contribution in [2.45, 2.75) is 31.0 Å². The molecule has 1 atom stereocenters. The number of hydrogen-bond donors (Lipinski definition) is 2. The summed E-state index contributed by atoms with van der Waals surface area (Å²) in [6.45, 7) is 0.190. The first kappa shape index (κ1) is 14.1. The van der Waals surface area contributed by atoms with E-state index in [1.807, 2.05) is 30.3 Å². The zero-order valence-electron chi connectivity index (χ0n) is 11.4. The summed E-state index contributed by atoms with van der Waals surface area (Å²) in [5.74, 6) is -0.910. The van der Waals surface area contributed by atoms with Crippen LogP contribution in [0.4, 0.5) is 0 Å². The van der Waals surface area contributed by atoms with Crippen LogP contribution in [0.1, 0.15) is 18.4 Å². The highest BCUT2D eigenvalue weighted by molar-refractivity contribution is 6.30. The lowest BCUT2D eigenvalue weighted by atomic mass is 9.89. The number of aliphatic carboxylic acids is 1. The van der Waals surface area contributed by atoms with E-state index < -0.39 is 11.5 Å². The van der Waals surface area contributed by atoms with E-state index in [1.165, 1.54) is 6.20 Å². The van der Waals surface area contributed by atoms with Gasteiger partial charge in [0.1, 0.15) is 0 Å². The van der Waals surface area contributed by atoms with E-state index in [4.69, 9.17) is 11.6 Å². The van der Waals surface area contributed by atoms with Gasteiger partial charge < -0.3 is 5.11 Å². The number of halogens is 1. The van der Waals surface area contributed by atoms with Crippen LogP contribution in [-0.2, 0) is 16.9 Å². The molecule has 3 rings (SSSR count). The Morgan fingerprint density at radius 3 is 2.67 bits per heavy atom. The van der Waals surface area contributed by atoms with Crippen molar-refractivity contribution in [3.8, 4) is 0 Å². The maximum absolute atomic E-state index is 12.1. The van der Waals surface area contributed by atoms with Crippen LogP contribution in [-0.4, -0.2) is 26.9 Å². The quantitative estimate of drug-likeness (QED) is 0.859. The van der Waals surface area contributed by atoms with Crippen molar-refractivity contribution in [1.82, 2.24) is 15.1 Å². The van der Waals surface area contributed by atoms with Gasteiger partial charge in [0, 0.05) is 12.2 Å². The highest BCUT2D eigenvalue weighted by Crippen LogP contribution is 2.30. The lowest BCUT2D eigenvalue weighted by molar-refractivity contribution is -0.146. The van der Waals surface area contributed by atoms with Gasteiger partial charge in [-0.1, -0.05) is 41.9 Å². The highest BCUT2D eigenvalue weighted by atomic mass is 35.5. The second kappa shape index (κ2) is 5.50. The Kier molecular flexibility index (Phi) is 3.69. The van der Waals surface area contributed by atoms with E-state index >= 15 is 0 Å². The Morgan fingerprint density at radius 1 is 1.43 bits per heavy atom. The molecule has 1 aliphatic carbocycles. The maximum Gasteiger partial charge on any atom is 0.330 e. The number of carboxylic acids is 1. The Balaban J connectivity index is 2.00. The monoisotopic (exact) mass is 305 g/mol. The third-order valence-electron chi connectivity index (χ3n) is 3.66. The number of carboxylic acid groups (broad SMARTS) is 1. The van der Waals surface area contributed by atoms with Gasteiger partial charge >= 0.3 is 5.97 Å². The molecule has 0 saturated heterocycles. The van der Waals surface area contributed by atoms with Crippen molar-refractivity contribution < 1.29 is 9.90 Å². The molecule has 0 bridgehead atoms. The molecule has 0 radical (unpaired) electrons. The van der Waals surface area contributed by atoms with E-state index in [2.05, 4.69) is 10.4 Å². The largest absolute Gasteiger partial charge is 0.480 e. The number of nitrogens with one attached hydrogen (secondary N) is 1. The smallest absolute Gasteiger partial charge is 0.330 e.